The SMILES string of the molecule is C=C(CC(=O)O)C(=O)NCC1OC(O)C(O)C(O)C1O. The monoisotopic (exact) mass is 291 g/mol. The Hall–Kier alpha value is -1.52. The van der Waals surface area contributed by atoms with Crippen molar-refractivity contribution in [3.8, 4) is 0 Å². The van der Waals surface area contributed by atoms with Crippen LogP contribution in [-0.2, 0) is 14.3 Å². The number of hydrogen-bond donors (Lipinski definition) is 6. The molecule has 1 heterocycles. The highest BCUT2D eigenvalue weighted by Crippen LogP contribution is 2.19. The average molecular weight is 291 g/mol. The number of hydrogen-bond acceptors (Lipinski definition) is 7. The Kier molecular flexibility index (Phi) is 5.60. The summed E-state index contributed by atoms with van der Waals surface area (Å²) in [6, 6.07) is 0. The minimum Gasteiger partial charge on any atom is -0.481 e. The maximum atomic E-state index is 11.5. The van der Waals surface area contributed by atoms with Crippen LogP contribution in [0.3, 0.4) is 0 Å². The molecule has 0 saturated carbocycles. The zero-order chi connectivity index (χ0) is 15.4. The Morgan fingerprint density at radius 2 is 1.70 bits per heavy atom. The molecule has 1 amide bonds. The summed E-state index contributed by atoms with van der Waals surface area (Å²) >= 11 is 0. The first-order valence-corrected chi connectivity index (χ1v) is 5.79. The fourth-order valence-corrected chi connectivity index (χ4v) is 1.68. The van der Waals surface area contributed by atoms with Crippen molar-refractivity contribution in [2.24, 2.45) is 0 Å². The molecule has 20 heavy (non-hydrogen) atoms. The summed E-state index contributed by atoms with van der Waals surface area (Å²) in [6.07, 6.45) is -8.17. The van der Waals surface area contributed by atoms with E-state index in [0.29, 0.717) is 0 Å². The van der Waals surface area contributed by atoms with Gasteiger partial charge >= 0.3 is 5.97 Å². The van der Waals surface area contributed by atoms with Crippen molar-refractivity contribution < 1.29 is 39.9 Å². The van der Waals surface area contributed by atoms with Crippen LogP contribution in [0.5, 0.6) is 0 Å². The molecule has 5 unspecified atom stereocenters. The summed E-state index contributed by atoms with van der Waals surface area (Å²) in [5.41, 5.74) is -0.191. The number of aliphatic hydroxyl groups is 4. The first kappa shape index (κ1) is 16.5. The van der Waals surface area contributed by atoms with Gasteiger partial charge in [-0.3, -0.25) is 9.59 Å². The van der Waals surface area contributed by atoms with Gasteiger partial charge in [-0.15, -0.1) is 0 Å². The highest BCUT2D eigenvalue weighted by Gasteiger charge is 2.42. The quantitative estimate of drug-likeness (QED) is 0.291. The van der Waals surface area contributed by atoms with Crippen LogP contribution in [0.15, 0.2) is 12.2 Å². The van der Waals surface area contributed by atoms with Crippen LogP contribution in [0.4, 0.5) is 0 Å². The molecule has 6 N–H and O–H groups in total. The fraction of sp³-hybridized carbons (Fsp3) is 0.636. The number of carbonyl (C=O) groups is 2. The van der Waals surface area contributed by atoms with E-state index in [1.165, 1.54) is 0 Å². The molecule has 0 spiro atoms. The maximum Gasteiger partial charge on any atom is 0.308 e. The second kappa shape index (κ2) is 6.77. The third-order valence-corrected chi connectivity index (χ3v) is 2.84. The number of carbonyl (C=O) groups excluding carboxylic acids is 1. The second-order valence-electron chi connectivity index (χ2n) is 4.42. The summed E-state index contributed by atoms with van der Waals surface area (Å²) < 4.78 is 4.83. The van der Waals surface area contributed by atoms with E-state index in [2.05, 4.69) is 11.9 Å². The lowest BCUT2D eigenvalue weighted by atomic mass is 9.99. The molecule has 0 aromatic carbocycles. The standard InChI is InChI=1S/C11H17NO8/c1-4(2-6(13)14)10(18)12-3-5-7(15)8(16)9(17)11(19)20-5/h5,7-9,11,15-17,19H,1-3H2,(H,12,18)(H,13,14). The van der Waals surface area contributed by atoms with E-state index in [1.807, 2.05) is 0 Å². The summed E-state index contributed by atoms with van der Waals surface area (Å²) in [5.74, 6) is -1.97. The van der Waals surface area contributed by atoms with E-state index >= 15 is 0 Å². The normalized spacial score (nSPS) is 33.5. The predicted molar refractivity (Wildman–Crippen MR) is 63.3 cm³/mol. The van der Waals surface area contributed by atoms with Gasteiger partial charge in [0.25, 0.3) is 0 Å². The smallest absolute Gasteiger partial charge is 0.308 e. The van der Waals surface area contributed by atoms with Gasteiger partial charge in [-0.05, 0) is 0 Å². The topological polar surface area (TPSA) is 157 Å². The number of carboxylic acids is 1. The van der Waals surface area contributed by atoms with E-state index in [9.17, 15) is 30.0 Å². The molecule has 5 atom stereocenters. The largest absolute Gasteiger partial charge is 0.481 e. The van der Waals surface area contributed by atoms with E-state index in [4.69, 9.17) is 9.84 Å². The number of ether oxygens (including phenoxy) is 1. The third-order valence-electron chi connectivity index (χ3n) is 2.84. The third kappa shape index (κ3) is 3.99. The molecule has 0 aromatic rings. The molecule has 1 fully saturated rings. The number of aliphatic carboxylic acids is 1. The highest BCUT2D eigenvalue weighted by molar-refractivity contribution is 5.96. The number of nitrogens with one attached hydrogen (secondary N) is 1. The van der Waals surface area contributed by atoms with Gasteiger partial charge in [-0.1, -0.05) is 6.58 Å². The van der Waals surface area contributed by atoms with Gasteiger partial charge in [0, 0.05) is 12.1 Å². The van der Waals surface area contributed by atoms with Crippen LogP contribution in [0, 0.1) is 0 Å². The molecule has 1 aliphatic rings. The van der Waals surface area contributed by atoms with Gasteiger partial charge in [-0.2, -0.15) is 0 Å². The molecule has 9 heteroatoms. The van der Waals surface area contributed by atoms with Crippen molar-refractivity contribution in [3.63, 3.8) is 0 Å². The van der Waals surface area contributed by atoms with E-state index in [0.717, 1.165) is 0 Å². The highest BCUT2D eigenvalue weighted by atomic mass is 16.6. The molecule has 0 aromatic heterocycles. The van der Waals surface area contributed by atoms with Crippen LogP contribution in [-0.4, -0.2) is 74.7 Å². The molecule has 9 nitrogen and oxygen atoms in total. The molecule has 1 saturated heterocycles. The van der Waals surface area contributed by atoms with Gasteiger partial charge in [0.05, 0.1) is 6.42 Å². The van der Waals surface area contributed by atoms with Gasteiger partial charge in [0.15, 0.2) is 6.29 Å². The minimum absolute atomic E-state index is 0.191. The molecule has 0 aliphatic carbocycles. The Balaban J connectivity index is 2.50. The van der Waals surface area contributed by atoms with E-state index < -0.39 is 49.0 Å². The predicted octanol–water partition coefficient (Wildman–Crippen LogP) is -3.07. The zero-order valence-corrected chi connectivity index (χ0v) is 10.5. The van der Waals surface area contributed by atoms with E-state index in [-0.39, 0.29) is 12.1 Å². The van der Waals surface area contributed by atoms with Gasteiger partial charge < -0.3 is 35.6 Å². The Morgan fingerprint density at radius 1 is 1.10 bits per heavy atom. The van der Waals surface area contributed by atoms with E-state index in [1.54, 1.807) is 0 Å². The average Bonchev–Trinajstić information content (AvgIpc) is 2.37. The Bertz CT molecular complexity index is 398. The lowest BCUT2D eigenvalue weighted by Crippen LogP contribution is -2.60. The first-order valence-electron chi connectivity index (χ1n) is 5.79. The molecule has 1 aliphatic heterocycles. The van der Waals surface area contributed by atoms with Crippen molar-refractivity contribution in [2.45, 2.75) is 37.1 Å². The zero-order valence-electron chi connectivity index (χ0n) is 10.5. The van der Waals surface area contributed by atoms with Crippen molar-refractivity contribution in [1.29, 1.82) is 0 Å². The second-order valence-corrected chi connectivity index (χ2v) is 4.42. The molecule has 1 rings (SSSR count). The lowest BCUT2D eigenvalue weighted by molar-refractivity contribution is -0.280. The van der Waals surface area contributed by atoms with Gasteiger partial charge in [0.1, 0.15) is 24.4 Å². The van der Waals surface area contributed by atoms with Crippen molar-refractivity contribution in [2.75, 3.05) is 6.54 Å². The van der Waals surface area contributed by atoms with Crippen LogP contribution < -0.4 is 5.32 Å². The number of carboxylic acid groups (broad SMARTS) is 1. The minimum atomic E-state index is -1.70. The summed E-state index contributed by atoms with van der Waals surface area (Å²) in [5, 5.41) is 48.3. The lowest BCUT2D eigenvalue weighted by Gasteiger charge is -2.38. The van der Waals surface area contributed by atoms with Crippen LogP contribution in [0.2, 0.25) is 0 Å². The van der Waals surface area contributed by atoms with Crippen LogP contribution in [0.1, 0.15) is 6.42 Å². The summed E-state index contributed by atoms with van der Waals surface area (Å²) in [7, 11) is 0. The van der Waals surface area contributed by atoms with Crippen molar-refractivity contribution in [1.82, 2.24) is 5.32 Å². The van der Waals surface area contributed by atoms with Gasteiger partial charge in [-0.25, -0.2) is 0 Å². The molecule has 114 valence electrons. The van der Waals surface area contributed by atoms with Crippen molar-refractivity contribution >= 4 is 11.9 Å². The molecular weight excluding hydrogens is 274 g/mol. The van der Waals surface area contributed by atoms with Crippen LogP contribution in [0.25, 0.3) is 0 Å². The molecular formula is C11H17NO8. The van der Waals surface area contributed by atoms with Crippen LogP contribution >= 0.6 is 0 Å². The molecule has 0 radical (unpaired) electrons. The summed E-state index contributed by atoms with van der Waals surface area (Å²) in [4.78, 5) is 21.9. The Morgan fingerprint density at radius 3 is 2.25 bits per heavy atom. The Labute approximate surface area is 114 Å². The number of aliphatic hydroxyl groups excluding tert-OH is 4. The molecule has 0 bridgehead atoms. The first-order chi connectivity index (χ1) is 9.23. The fourth-order valence-electron chi connectivity index (χ4n) is 1.68. The number of amides is 1. The van der Waals surface area contributed by atoms with Crippen molar-refractivity contribution in [3.05, 3.63) is 12.2 Å². The maximum absolute atomic E-state index is 11.5. The summed E-state index contributed by atoms with van der Waals surface area (Å²) in [6.45, 7) is 2.99. The van der Waals surface area contributed by atoms with Gasteiger partial charge in [0.2, 0.25) is 5.91 Å². The number of rotatable bonds is 5.